The highest BCUT2D eigenvalue weighted by molar-refractivity contribution is 7.53. The molecule has 1 rings (SSSR count). The molecule has 0 N–H and O–H groups in total. The minimum Gasteiger partial charge on any atom is -0.309 e. The van der Waals surface area contributed by atoms with Gasteiger partial charge in [0, 0.05) is 12.1 Å². The molecule has 0 aliphatic rings. The van der Waals surface area contributed by atoms with E-state index in [0.29, 0.717) is 19.4 Å². The van der Waals surface area contributed by atoms with Crippen LogP contribution in [-0.2, 0) is 27.1 Å². The van der Waals surface area contributed by atoms with Crippen LogP contribution in [0.3, 0.4) is 0 Å². The molecule has 0 aromatic carbocycles. The van der Waals surface area contributed by atoms with E-state index in [-0.39, 0.29) is 0 Å². The molecule has 1 aromatic rings. The SMILES string of the molecule is CCCCCCCC/C=C\CCCCCCCCOP(=O)(CCCCc1cc[n+](C)cc1)OCCCCCCCCCCCCCC. The quantitative estimate of drug-likeness (QED) is 0.0307. The number of unbranched alkanes of at least 4 members (excludes halogenated alkanes) is 24. The molecular weight excluding hydrogens is 597 g/mol. The summed E-state index contributed by atoms with van der Waals surface area (Å²) in [6.45, 7) is 5.69. The van der Waals surface area contributed by atoms with Gasteiger partial charge >= 0.3 is 7.60 Å². The minimum absolute atomic E-state index is 0.540. The predicted molar refractivity (Wildman–Crippen MR) is 205 cm³/mol. The molecule has 0 aliphatic carbocycles. The van der Waals surface area contributed by atoms with E-state index in [1.807, 2.05) is 7.05 Å². The van der Waals surface area contributed by atoms with E-state index in [9.17, 15) is 4.57 Å². The minimum atomic E-state index is -3.03. The topological polar surface area (TPSA) is 39.4 Å². The number of hydrogen-bond acceptors (Lipinski definition) is 3. The molecule has 4 nitrogen and oxygen atoms in total. The summed E-state index contributed by atoms with van der Waals surface area (Å²) in [7, 11) is -0.988. The van der Waals surface area contributed by atoms with E-state index >= 15 is 0 Å². The molecule has 1 atom stereocenters. The van der Waals surface area contributed by atoms with Crippen molar-refractivity contribution in [2.24, 2.45) is 7.05 Å². The molecule has 1 heterocycles. The monoisotopic (exact) mass is 677 g/mol. The summed E-state index contributed by atoms with van der Waals surface area (Å²) in [5.41, 5.74) is 1.33. The van der Waals surface area contributed by atoms with Crippen molar-refractivity contribution in [3.05, 3.63) is 42.2 Å². The zero-order valence-electron chi connectivity index (χ0n) is 31.7. The first kappa shape index (κ1) is 44.1. The van der Waals surface area contributed by atoms with Crippen LogP contribution >= 0.6 is 7.60 Å². The van der Waals surface area contributed by atoms with E-state index in [4.69, 9.17) is 9.05 Å². The molecule has 1 aromatic heterocycles. The lowest BCUT2D eigenvalue weighted by Gasteiger charge is -2.19. The fraction of sp³-hybridized carbons (Fsp3) is 0.833. The first-order chi connectivity index (χ1) is 23.1. The van der Waals surface area contributed by atoms with Crippen molar-refractivity contribution in [1.29, 1.82) is 0 Å². The van der Waals surface area contributed by atoms with Gasteiger partial charge in [-0.1, -0.05) is 154 Å². The average Bonchev–Trinajstić information content (AvgIpc) is 3.07. The normalized spacial score (nSPS) is 13.1. The van der Waals surface area contributed by atoms with Gasteiger partial charge < -0.3 is 9.05 Å². The Labute approximate surface area is 293 Å². The second-order valence-corrected chi connectivity index (χ2v) is 16.3. The smallest absolute Gasteiger partial charge is 0.309 e. The van der Waals surface area contributed by atoms with Crippen LogP contribution in [0, 0.1) is 0 Å². The Balaban J connectivity index is 2.18. The molecule has 5 heteroatoms. The first-order valence-electron chi connectivity index (χ1n) is 20.6. The Kier molecular flexibility index (Phi) is 31.4. The number of aromatic nitrogens is 1. The number of rotatable bonds is 36. The van der Waals surface area contributed by atoms with Gasteiger partial charge in [-0.15, -0.1) is 0 Å². The maximum Gasteiger partial charge on any atom is 0.330 e. The Morgan fingerprint density at radius 2 is 0.915 bits per heavy atom. The van der Waals surface area contributed by atoms with E-state index in [1.165, 1.54) is 147 Å². The van der Waals surface area contributed by atoms with Crippen LogP contribution in [0.1, 0.15) is 199 Å². The van der Waals surface area contributed by atoms with Gasteiger partial charge in [0.25, 0.3) is 0 Å². The zero-order valence-corrected chi connectivity index (χ0v) is 32.6. The predicted octanol–water partition coefficient (Wildman–Crippen LogP) is 13.8. The number of pyridine rings is 1. The van der Waals surface area contributed by atoms with Crippen molar-refractivity contribution >= 4 is 7.60 Å². The summed E-state index contributed by atoms with van der Waals surface area (Å²) in [4.78, 5) is 0. The summed E-state index contributed by atoms with van der Waals surface area (Å²) in [5.74, 6) is 0. The second-order valence-electron chi connectivity index (χ2n) is 14.2. The fourth-order valence-corrected chi connectivity index (χ4v) is 7.96. The van der Waals surface area contributed by atoms with Gasteiger partial charge in [0.15, 0.2) is 12.4 Å². The van der Waals surface area contributed by atoms with Crippen LogP contribution in [0.2, 0.25) is 0 Å². The number of aryl methyl sites for hydroxylation is 2. The van der Waals surface area contributed by atoms with Gasteiger partial charge in [-0.05, 0) is 63.4 Å². The number of allylic oxidation sites excluding steroid dienone is 2. The fourth-order valence-electron chi connectivity index (χ4n) is 6.20. The molecule has 0 fully saturated rings. The highest BCUT2D eigenvalue weighted by atomic mass is 31.2. The Hall–Kier alpha value is -0.960. The standard InChI is InChI=1S/C42H79NO3P/c1-4-6-8-10-12-14-16-18-19-20-21-23-25-27-29-32-40-46-47(44,41-33-30-34-42-35-37-43(3)38-36-42)45-39-31-28-26-24-22-17-15-13-11-9-7-5-2/h18-19,35-38H,4-17,20-34,39-41H2,1-3H3/q+1/b19-18-. The van der Waals surface area contributed by atoms with Crippen molar-refractivity contribution in [2.45, 2.75) is 200 Å². The lowest BCUT2D eigenvalue weighted by Crippen LogP contribution is -2.25. The van der Waals surface area contributed by atoms with Gasteiger partial charge in [-0.25, -0.2) is 4.57 Å². The molecule has 1 unspecified atom stereocenters. The summed E-state index contributed by atoms with van der Waals surface area (Å²) in [6.07, 6.45) is 46.3. The molecule has 0 aliphatic heterocycles. The molecular formula is C42H79NO3P+. The van der Waals surface area contributed by atoms with Crippen LogP contribution in [-0.4, -0.2) is 19.4 Å². The van der Waals surface area contributed by atoms with Gasteiger partial charge in [0.1, 0.15) is 7.05 Å². The van der Waals surface area contributed by atoms with Crippen molar-refractivity contribution in [3.8, 4) is 0 Å². The Bertz CT molecular complexity index is 856. The van der Waals surface area contributed by atoms with Crippen LogP contribution in [0.4, 0.5) is 0 Å². The van der Waals surface area contributed by atoms with Crippen LogP contribution in [0.15, 0.2) is 36.7 Å². The lowest BCUT2D eigenvalue weighted by atomic mass is 10.1. The third-order valence-corrected chi connectivity index (χ3v) is 11.4. The third kappa shape index (κ3) is 29.7. The van der Waals surface area contributed by atoms with Crippen LogP contribution in [0.5, 0.6) is 0 Å². The first-order valence-corrected chi connectivity index (χ1v) is 22.3. The third-order valence-electron chi connectivity index (χ3n) is 9.42. The molecule has 47 heavy (non-hydrogen) atoms. The number of hydrogen-bond donors (Lipinski definition) is 0. The highest BCUT2D eigenvalue weighted by Gasteiger charge is 2.23. The largest absolute Gasteiger partial charge is 0.330 e. The summed E-state index contributed by atoms with van der Waals surface area (Å²) in [5, 5.41) is 0. The molecule has 0 bridgehead atoms. The van der Waals surface area contributed by atoms with Gasteiger partial charge in [0.2, 0.25) is 0 Å². The van der Waals surface area contributed by atoms with Gasteiger partial charge in [-0.3, -0.25) is 4.57 Å². The summed E-state index contributed by atoms with van der Waals surface area (Å²) < 4.78 is 27.8. The molecule has 0 saturated carbocycles. The number of nitrogens with zero attached hydrogens (tertiary/aromatic N) is 1. The maximum absolute atomic E-state index is 13.7. The van der Waals surface area contributed by atoms with E-state index in [0.717, 1.165) is 44.9 Å². The molecule has 0 amide bonds. The van der Waals surface area contributed by atoms with E-state index < -0.39 is 7.60 Å². The van der Waals surface area contributed by atoms with Crippen molar-refractivity contribution in [1.82, 2.24) is 0 Å². The van der Waals surface area contributed by atoms with E-state index in [1.54, 1.807) is 0 Å². The molecule has 274 valence electrons. The summed E-state index contributed by atoms with van der Waals surface area (Å²) >= 11 is 0. The molecule has 0 spiro atoms. The van der Waals surface area contributed by atoms with Crippen LogP contribution in [0.25, 0.3) is 0 Å². The van der Waals surface area contributed by atoms with Crippen molar-refractivity contribution in [2.75, 3.05) is 19.4 Å². The lowest BCUT2D eigenvalue weighted by molar-refractivity contribution is -0.671. The molecule has 0 radical (unpaired) electrons. The van der Waals surface area contributed by atoms with Gasteiger partial charge in [0.05, 0.1) is 19.4 Å². The summed E-state index contributed by atoms with van der Waals surface area (Å²) in [6, 6.07) is 4.35. The van der Waals surface area contributed by atoms with E-state index in [2.05, 4.69) is 55.1 Å². The van der Waals surface area contributed by atoms with Crippen LogP contribution < -0.4 is 4.57 Å². The molecule has 0 saturated heterocycles. The van der Waals surface area contributed by atoms with Crippen molar-refractivity contribution < 1.29 is 18.2 Å². The highest BCUT2D eigenvalue weighted by Crippen LogP contribution is 2.49. The Morgan fingerprint density at radius 3 is 1.34 bits per heavy atom. The Morgan fingerprint density at radius 1 is 0.532 bits per heavy atom. The zero-order chi connectivity index (χ0) is 33.9. The average molecular weight is 677 g/mol. The van der Waals surface area contributed by atoms with Crippen molar-refractivity contribution in [3.63, 3.8) is 0 Å². The second kappa shape index (κ2) is 33.5. The van der Waals surface area contributed by atoms with Gasteiger partial charge in [-0.2, -0.15) is 0 Å². The maximum atomic E-state index is 13.7.